The molecule has 2 amide bonds. The summed E-state index contributed by atoms with van der Waals surface area (Å²) in [5.41, 5.74) is 2.75. The zero-order chi connectivity index (χ0) is 23.3. The smallest absolute Gasteiger partial charge is 0.295 e. The molecule has 0 aliphatic heterocycles. The van der Waals surface area contributed by atoms with E-state index >= 15 is 0 Å². The van der Waals surface area contributed by atoms with Crippen molar-refractivity contribution in [3.8, 4) is 17.1 Å². The molecular weight excluding hydrogens is 430 g/mol. The summed E-state index contributed by atoms with van der Waals surface area (Å²) in [6, 6.07) is 29.0. The first-order chi connectivity index (χ1) is 16.7. The predicted molar refractivity (Wildman–Crippen MR) is 128 cm³/mol. The molecule has 2 N–H and O–H groups in total. The van der Waals surface area contributed by atoms with E-state index in [0.29, 0.717) is 17.2 Å². The highest BCUT2D eigenvalue weighted by Crippen LogP contribution is 2.22. The molecule has 8 heteroatoms. The van der Waals surface area contributed by atoms with Gasteiger partial charge in [0.1, 0.15) is 0 Å². The van der Waals surface area contributed by atoms with Crippen molar-refractivity contribution in [2.75, 3.05) is 10.6 Å². The van der Waals surface area contributed by atoms with Crippen molar-refractivity contribution < 1.29 is 14.0 Å². The van der Waals surface area contributed by atoms with E-state index < -0.39 is 5.91 Å². The lowest BCUT2D eigenvalue weighted by atomic mass is 10.2. The number of rotatable bonds is 6. The van der Waals surface area contributed by atoms with Gasteiger partial charge in [0.25, 0.3) is 11.8 Å². The molecule has 8 nitrogen and oxygen atoms in total. The lowest BCUT2D eigenvalue weighted by Gasteiger charge is -2.06. The van der Waals surface area contributed by atoms with E-state index in [2.05, 4.69) is 20.7 Å². The number of anilines is 2. The minimum Gasteiger partial charge on any atom is -0.459 e. The van der Waals surface area contributed by atoms with Crippen LogP contribution in [0.3, 0.4) is 0 Å². The van der Waals surface area contributed by atoms with Gasteiger partial charge in [-0.1, -0.05) is 48.5 Å². The van der Waals surface area contributed by atoms with Crippen molar-refractivity contribution >= 4 is 23.2 Å². The number of nitrogens with one attached hydrogen (secondary N) is 2. The molecule has 0 radical (unpaired) electrons. The Labute approximate surface area is 194 Å². The fraction of sp³-hybridized carbons (Fsp3) is 0. The van der Waals surface area contributed by atoms with Crippen molar-refractivity contribution in [2.45, 2.75) is 0 Å². The third-order valence-corrected chi connectivity index (χ3v) is 4.99. The van der Waals surface area contributed by atoms with Crippen LogP contribution in [0, 0.1) is 0 Å². The molecule has 0 aliphatic carbocycles. The van der Waals surface area contributed by atoms with E-state index in [0.717, 1.165) is 11.3 Å². The van der Waals surface area contributed by atoms with E-state index in [1.54, 1.807) is 41.1 Å². The van der Waals surface area contributed by atoms with E-state index in [1.165, 1.54) is 6.26 Å². The minimum atomic E-state index is -0.445. The van der Waals surface area contributed by atoms with Crippen LogP contribution in [0.5, 0.6) is 0 Å². The van der Waals surface area contributed by atoms with Gasteiger partial charge in [-0.25, -0.2) is 9.67 Å². The molecular formula is C26H19N5O3. The van der Waals surface area contributed by atoms with Crippen LogP contribution in [0.25, 0.3) is 17.1 Å². The highest BCUT2D eigenvalue weighted by atomic mass is 16.3. The van der Waals surface area contributed by atoms with E-state index in [4.69, 9.17) is 4.42 Å². The quantitative estimate of drug-likeness (QED) is 0.378. The largest absolute Gasteiger partial charge is 0.459 e. The van der Waals surface area contributed by atoms with Crippen molar-refractivity contribution in [2.24, 2.45) is 0 Å². The molecule has 0 spiro atoms. The van der Waals surface area contributed by atoms with Crippen LogP contribution < -0.4 is 10.6 Å². The summed E-state index contributed by atoms with van der Waals surface area (Å²) in [4.78, 5) is 29.5. The standard InChI is InChI=1S/C26H19N5O3/c32-25(22-12-7-17-34-22)27-19-13-15-20(16-14-19)28-26(33)23-29-24(18-8-3-1-4-9-18)31(30-23)21-10-5-2-6-11-21/h1-17H,(H,27,32)(H,28,33). The Morgan fingerprint density at radius 2 is 1.32 bits per heavy atom. The van der Waals surface area contributed by atoms with Crippen molar-refractivity contribution in [1.82, 2.24) is 14.8 Å². The number of nitrogens with zero attached hydrogens (tertiary/aromatic N) is 3. The Hall–Kier alpha value is -4.98. The third-order valence-electron chi connectivity index (χ3n) is 4.99. The molecule has 0 saturated heterocycles. The molecule has 0 bridgehead atoms. The number of furan rings is 1. The van der Waals surface area contributed by atoms with Gasteiger partial charge in [0, 0.05) is 16.9 Å². The maximum Gasteiger partial charge on any atom is 0.295 e. The summed E-state index contributed by atoms with van der Waals surface area (Å²) in [5.74, 6) is 0.0163. The highest BCUT2D eigenvalue weighted by Gasteiger charge is 2.19. The van der Waals surface area contributed by atoms with Crippen LogP contribution in [-0.2, 0) is 0 Å². The Kier molecular flexibility index (Phi) is 5.69. The number of aromatic nitrogens is 3. The molecule has 0 fully saturated rings. The monoisotopic (exact) mass is 449 g/mol. The van der Waals surface area contributed by atoms with Gasteiger partial charge in [0.2, 0.25) is 5.82 Å². The fourth-order valence-electron chi connectivity index (χ4n) is 3.36. The Morgan fingerprint density at radius 3 is 1.94 bits per heavy atom. The zero-order valence-corrected chi connectivity index (χ0v) is 17.9. The molecule has 0 aliphatic rings. The maximum absolute atomic E-state index is 12.9. The van der Waals surface area contributed by atoms with Crippen LogP contribution in [0.4, 0.5) is 11.4 Å². The molecule has 0 atom stereocenters. The molecule has 34 heavy (non-hydrogen) atoms. The molecule has 3 aromatic carbocycles. The molecule has 0 unspecified atom stereocenters. The SMILES string of the molecule is O=C(Nc1ccc(NC(=O)c2ccco2)cc1)c1nc(-c2ccccc2)n(-c2ccccc2)n1. The molecule has 2 aromatic heterocycles. The summed E-state index contributed by atoms with van der Waals surface area (Å²) >= 11 is 0. The number of hydrogen-bond acceptors (Lipinski definition) is 5. The van der Waals surface area contributed by atoms with Gasteiger partial charge in [0.15, 0.2) is 11.6 Å². The van der Waals surface area contributed by atoms with Crippen LogP contribution in [0.2, 0.25) is 0 Å². The molecule has 166 valence electrons. The summed E-state index contributed by atoms with van der Waals surface area (Å²) in [7, 11) is 0. The summed E-state index contributed by atoms with van der Waals surface area (Å²) in [5, 5.41) is 10.00. The first-order valence-corrected chi connectivity index (χ1v) is 10.5. The van der Waals surface area contributed by atoms with Gasteiger partial charge in [0.05, 0.1) is 12.0 Å². The molecule has 5 rings (SSSR count). The van der Waals surface area contributed by atoms with Gasteiger partial charge < -0.3 is 15.1 Å². The number of hydrogen-bond donors (Lipinski definition) is 2. The molecule has 5 aromatic rings. The van der Waals surface area contributed by atoms with Crippen LogP contribution in [0.1, 0.15) is 21.2 Å². The van der Waals surface area contributed by atoms with Gasteiger partial charge in [-0.05, 0) is 48.5 Å². The number of carbonyl (C=O) groups excluding carboxylic acids is 2. The zero-order valence-electron chi connectivity index (χ0n) is 17.9. The molecule has 0 saturated carbocycles. The number of benzene rings is 3. The Morgan fingerprint density at radius 1 is 0.706 bits per heavy atom. The lowest BCUT2D eigenvalue weighted by molar-refractivity contribution is 0.0993. The van der Waals surface area contributed by atoms with Crippen LogP contribution >= 0.6 is 0 Å². The van der Waals surface area contributed by atoms with Gasteiger partial charge in [-0.3, -0.25) is 9.59 Å². The van der Waals surface area contributed by atoms with Crippen molar-refractivity contribution in [3.63, 3.8) is 0 Å². The van der Waals surface area contributed by atoms with Gasteiger partial charge in [-0.2, -0.15) is 0 Å². The Balaban J connectivity index is 1.35. The fourth-order valence-corrected chi connectivity index (χ4v) is 3.36. The van der Waals surface area contributed by atoms with Crippen molar-refractivity contribution in [3.05, 3.63) is 115 Å². The second-order valence-corrected chi connectivity index (χ2v) is 7.34. The second-order valence-electron chi connectivity index (χ2n) is 7.34. The molecule has 2 heterocycles. The first-order valence-electron chi connectivity index (χ1n) is 10.5. The van der Waals surface area contributed by atoms with E-state index in [1.807, 2.05) is 60.7 Å². The average molecular weight is 449 g/mol. The normalized spacial score (nSPS) is 10.6. The number of carbonyl (C=O) groups is 2. The topological polar surface area (TPSA) is 102 Å². The van der Waals surface area contributed by atoms with E-state index in [-0.39, 0.29) is 17.5 Å². The number of amides is 2. The summed E-state index contributed by atoms with van der Waals surface area (Å²) < 4.78 is 6.73. The van der Waals surface area contributed by atoms with Crippen LogP contribution in [0.15, 0.2) is 108 Å². The second kappa shape index (κ2) is 9.25. The third kappa shape index (κ3) is 4.46. The average Bonchev–Trinajstić information content (AvgIpc) is 3.57. The van der Waals surface area contributed by atoms with Gasteiger partial charge in [-0.15, -0.1) is 5.10 Å². The Bertz CT molecular complexity index is 1350. The predicted octanol–water partition coefficient (Wildman–Crippen LogP) is 5.03. The maximum atomic E-state index is 12.9. The first kappa shape index (κ1) is 20.9. The van der Waals surface area contributed by atoms with Crippen molar-refractivity contribution in [1.29, 1.82) is 0 Å². The lowest BCUT2D eigenvalue weighted by Crippen LogP contribution is -2.14. The summed E-state index contributed by atoms with van der Waals surface area (Å²) in [6.45, 7) is 0. The highest BCUT2D eigenvalue weighted by molar-refractivity contribution is 6.03. The van der Waals surface area contributed by atoms with Crippen LogP contribution in [-0.4, -0.2) is 26.6 Å². The van der Waals surface area contributed by atoms with E-state index in [9.17, 15) is 9.59 Å². The summed E-state index contributed by atoms with van der Waals surface area (Å²) in [6.07, 6.45) is 1.43. The minimum absolute atomic E-state index is 0.0397. The number of para-hydroxylation sites is 1. The van der Waals surface area contributed by atoms with Gasteiger partial charge >= 0.3 is 0 Å².